The van der Waals surface area contributed by atoms with Crippen LogP contribution in [0.2, 0.25) is 0 Å². The topological polar surface area (TPSA) is 88.7 Å². The molecule has 31 heavy (non-hydrogen) atoms. The average Bonchev–Trinajstić information content (AvgIpc) is 3.31. The Labute approximate surface area is 187 Å². The summed E-state index contributed by atoms with van der Waals surface area (Å²) in [6, 6.07) is 10.4. The molecule has 4 rings (SSSR count). The van der Waals surface area contributed by atoms with Gasteiger partial charge in [-0.15, -0.1) is 10.2 Å². The van der Waals surface area contributed by atoms with Crippen LogP contribution in [0.3, 0.4) is 0 Å². The fraction of sp³-hybridized carbons (Fsp3) is 0.500. The Morgan fingerprint density at radius 2 is 1.94 bits per heavy atom. The first-order chi connectivity index (χ1) is 15.2. The molecule has 0 fully saturated rings. The van der Waals surface area contributed by atoms with E-state index in [0.717, 1.165) is 31.2 Å². The highest BCUT2D eigenvalue weighted by Gasteiger charge is 2.31. The predicted molar refractivity (Wildman–Crippen MR) is 125 cm³/mol. The Balaban J connectivity index is 0.000000807. The van der Waals surface area contributed by atoms with Crippen molar-refractivity contribution < 1.29 is 4.42 Å². The highest BCUT2D eigenvalue weighted by Crippen LogP contribution is 2.37. The Hall–Kier alpha value is -2.71. The molecule has 0 spiro atoms. The van der Waals surface area contributed by atoms with Crippen molar-refractivity contribution >= 4 is 0 Å². The second-order valence-corrected chi connectivity index (χ2v) is 7.41. The Morgan fingerprint density at radius 3 is 2.65 bits per heavy atom. The van der Waals surface area contributed by atoms with Gasteiger partial charge < -0.3 is 10.2 Å². The second kappa shape index (κ2) is 12.9. The lowest BCUT2D eigenvalue weighted by atomic mass is 9.74. The van der Waals surface area contributed by atoms with Crippen LogP contribution in [-0.4, -0.2) is 10.2 Å². The molecular formula is C26H36N4O. The lowest BCUT2D eigenvalue weighted by Gasteiger charge is -2.28. The first kappa shape index (κ1) is 24.6. The number of nitrogens with two attached hydrogens (primary N) is 1. The normalized spacial score (nSPS) is 20.1. The van der Waals surface area contributed by atoms with Crippen molar-refractivity contribution in [1.29, 1.82) is 5.26 Å². The molecule has 1 aromatic heterocycles. The van der Waals surface area contributed by atoms with E-state index in [0.29, 0.717) is 24.6 Å². The van der Waals surface area contributed by atoms with E-state index in [4.69, 9.17) is 10.2 Å². The third-order valence-corrected chi connectivity index (χ3v) is 5.55. The van der Waals surface area contributed by atoms with Gasteiger partial charge in [-0.25, -0.2) is 0 Å². The maximum Gasteiger partial charge on any atom is 0.233 e. The fourth-order valence-corrected chi connectivity index (χ4v) is 4.11. The second-order valence-electron chi connectivity index (χ2n) is 7.41. The Kier molecular flexibility index (Phi) is 10.2. The minimum absolute atomic E-state index is 0.128. The van der Waals surface area contributed by atoms with Crippen LogP contribution in [0, 0.1) is 17.2 Å². The minimum atomic E-state index is -0.293. The average molecular weight is 421 g/mol. The molecule has 2 aliphatic rings. The maximum absolute atomic E-state index is 9.71. The molecule has 2 aromatic rings. The van der Waals surface area contributed by atoms with Gasteiger partial charge >= 0.3 is 0 Å². The summed E-state index contributed by atoms with van der Waals surface area (Å²) in [6.45, 7) is 8.00. The van der Waals surface area contributed by atoms with Gasteiger partial charge in [-0.05, 0) is 49.1 Å². The van der Waals surface area contributed by atoms with Gasteiger partial charge in [0.15, 0.2) is 0 Å². The van der Waals surface area contributed by atoms with Crippen LogP contribution in [0.25, 0.3) is 0 Å². The molecule has 1 aromatic carbocycles. The number of fused-ring (bicyclic) bond motifs is 1. The fourth-order valence-electron chi connectivity index (χ4n) is 4.11. The van der Waals surface area contributed by atoms with Gasteiger partial charge in [0.05, 0.1) is 18.0 Å². The molecule has 5 nitrogen and oxygen atoms in total. The molecule has 0 bridgehead atoms. The number of aromatic nitrogens is 2. The smallest absolute Gasteiger partial charge is 0.233 e. The third-order valence-electron chi connectivity index (χ3n) is 5.55. The Bertz CT molecular complexity index is 906. The number of aryl methyl sites for hydroxylation is 1. The van der Waals surface area contributed by atoms with Crippen molar-refractivity contribution in [3.63, 3.8) is 0 Å². The van der Waals surface area contributed by atoms with Gasteiger partial charge in [-0.2, -0.15) is 5.26 Å². The molecule has 0 radical (unpaired) electrons. The van der Waals surface area contributed by atoms with Crippen LogP contribution in [0.1, 0.15) is 88.2 Å². The Morgan fingerprint density at radius 1 is 1.16 bits per heavy atom. The van der Waals surface area contributed by atoms with E-state index >= 15 is 0 Å². The number of rotatable bonds is 5. The summed E-state index contributed by atoms with van der Waals surface area (Å²) in [7, 11) is 0. The van der Waals surface area contributed by atoms with Gasteiger partial charge in [0.1, 0.15) is 0 Å². The predicted octanol–water partition coefficient (Wildman–Crippen LogP) is 6.20. The number of allylic oxidation sites excluding steroid dienone is 3. The molecule has 1 heterocycles. The van der Waals surface area contributed by atoms with Crippen molar-refractivity contribution in [1.82, 2.24) is 10.2 Å². The minimum Gasteiger partial charge on any atom is -0.424 e. The molecule has 0 amide bonds. The first-order valence-corrected chi connectivity index (χ1v) is 11.7. The summed E-state index contributed by atoms with van der Waals surface area (Å²) in [5, 5.41) is 18.1. The molecule has 5 heteroatoms. The van der Waals surface area contributed by atoms with E-state index in [1.807, 2.05) is 39.8 Å². The SMILES string of the molecule is CC.CC.N#CC1c2ccccc2CCC1Cc1nnc([C@H](N)CC2=CCCC=C2)o1. The van der Waals surface area contributed by atoms with Crippen molar-refractivity contribution in [2.24, 2.45) is 11.7 Å². The first-order valence-electron chi connectivity index (χ1n) is 11.7. The van der Waals surface area contributed by atoms with Crippen LogP contribution in [0.4, 0.5) is 0 Å². The number of nitriles is 1. The van der Waals surface area contributed by atoms with E-state index in [1.54, 1.807) is 0 Å². The summed E-state index contributed by atoms with van der Waals surface area (Å²) < 4.78 is 5.86. The van der Waals surface area contributed by atoms with E-state index in [-0.39, 0.29) is 17.9 Å². The molecular weight excluding hydrogens is 384 g/mol. The molecule has 0 aliphatic heterocycles. The molecule has 0 saturated carbocycles. The van der Waals surface area contributed by atoms with Gasteiger partial charge in [0.25, 0.3) is 0 Å². The lowest BCUT2D eigenvalue weighted by Crippen LogP contribution is -2.21. The molecule has 2 aliphatic carbocycles. The van der Waals surface area contributed by atoms with Crippen LogP contribution < -0.4 is 5.73 Å². The molecule has 3 atom stereocenters. The van der Waals surface area contributed by atoms with Crippen molar-refractivity contribution in [3.05, 3.63) is 71.0 Å². The summed E-state index contributed by atoms with van der Waals surface area (Å²) in [5.74, 6) is 1.13. The van der Waals surface area contributed by atoms with E-state index < -0.39 is 0 Å². The number of hydrogen-bond acceptors (Lipinski definition) is 5. The summed E-state index contributed by atoms with van der Waals surface area (Å²) in [5.41, 5.74) is 9.91. The van der Waals surface area contributed by atoms with Crippen LogP contribution in [-0.2, 0) is 12.8 Å². The highest BCUT2D eigenvalue weighted by atomic mass is 16.4. The van der Waals surface area contributed by atoms with Crippen LogP contribution in [0.5, 0.6) is 0 Å². The van der Waals surface area contributed by atoms with Gasteiger partial charge in [0.2, 0.25) is 11.8 Å². The highest BCUT2D eigenvalue weighted by molar-refractivity contribution is 5.37. The molecule has 0 saturated heterocycles. The zero-order valence-corrected chi connectivity index (χ0v) is 19.3. The number of benzene rings is 1. The standard InChI is InChI=1S/C22H24N4O.2C2H6/c23-14-19-17(11-10-16-8-4-5-9-18(16)19)13-21-25-26-22(27-21)20(24)12-15-6-2-1-3-7-15;2*1-2/h2,4-9,17,19-20H,1,3,10-13,24H2;2*1-2H3/t17?,19?,20-;;/m1../s1. The van der Waals surface area contributed by atoms with Crippen molar-refractivity contribution in [2.75, 3.05) is 0 Å². The zero-order valence-electron chi connectivity index (χ0n) is 19.3. The van der Waals surface area contributed by atoms with Crippen molar-refractivity contribution in [2.45, 2.75) is 78.2 Å². The van der Waals surface area contributed by atoms with Gasteiger partial charge in [-0.3, -0.25) is 0 Å². The van der Waals surface area contributed by atoms with E-state index in [1.165, 1.54) is 11.1 Å². The number of nitrogens with zero attached hydrogens (tertiary/aromatic N) is 3. The van der Waals surface area contributed by atoms with Crippen LogP contribution in [0.15, 0.2) is 52.5 Å². The zero-order chi connectivity index (χ0) is 22.6. The van der Waals surface area contributed by atoms with Gasteiger partial charge in [-0.1, -0.05) is 75.8 Å². The summed E-state index contributed by atoms with van der Waals surface area (Å²) in [6.07, 6.45) is 11.9. The number of hydrogen-bond donors (Lipinski definition) is 1. The monoisotopic (exact) mass is 420 g/mol. The van der Waals surface area contributed by atoms with E-state index in [9.17, 15) is 5.26 Å². The summed E-state index contributed by atoms with van der Waals surface area (Å²) >= 11 is 0. The molecule has 2 N–H and O–H groups in total. The summed E-state index contributed by atoms with van der Waals surface area (Å²) in [4.78, 5) is 0. The molecule has 166 valence electrons. The molecule has 2 unspecified atom stereocenters. The largest absolute Gasteiger partial charge is 0.424 e. The van der Waals surface area contributed by atoms with Crippen molar-refractivity contribution in [3.8, 4) is 6.07 Å². The lowest BCUT2D eigenvalue weighted by molar-refractivity contribution is 0.353. The quantitative estimate of drug-likeness (QED) is 0.622. The van der Waals surface area contributed by atoms with Crippen LogP contribution >= 0.6 is 0 Å². The third kappa shape index (κ3) is 6.38. The van der Waals surface area contributed by atoms with Gasteiger partial charge in [0, 0.05) is 6.42 Å². The maximum atomic E-state index is 9.71. The van der Waals surface area contributed by atoms with E-state index in [2.05, 4.69) is 46.6 Å².